The van der Waals surface area contributed by atoms with Crippen molar-refractivity contribution >= 4 is 0 Å². The van der Waals surface area contributed by atoms with Crippen LogP contribution in [0.5, 0.6) is 0 Å². The van der Waals surface area contributed by atoms with Crippen LogP contribution in [0.1, 0.15) is 19.3 Å². The first-order valence-electron chi connectivity index (χ1n) is 6.46. The van der Waals surface area contributed by atoms with Crippen LogP contribution in [0.25, 0.3) is 0 Å². The van der Waals surface area contributed by atoms with Crippen LogP contribution in [-0.2, 0) is 0 Å². The molecule has 0 spiro atoms. The first-order valence-corrected chi connectivity index (χ1v) is 6.46. The fourth-order valence-corrected chi connectivity index (χ4v) is 2.65. The highest BCUT2D eigenvalue weighted by Gasteiger charge is 2.17. The Morgan fingerprint density at radius 3 is 2.93 bits per heavy atom. The highest BCUT2D eigenvalue weighted by Crippen LogP contribution is 2.13. The maximum absolute atomic E-state index is 3.45. The third-order valence-electron chi connectivity index (χ3n) is 3.83. The van der Waals surface area contributed by atoms with Gasteiger partial charge >= 0.3 is 0 Å². The number of hydrogen-bond donors (Lipinski definition) is 1. The number of likely N-dealkylation sites (N-methyl/N-ethyl adjacent to an activating group) is 1. The number of nitrogens with zero attached hydrogens (tertiary/aromatic N) is 2. The zero-order valence-corrected chi connectivity index (χ0v) is 10.0. The van der Waals surface area contributed by atoms with Gasteiger partial charge < -0.3 is 15.1 Å². The number of rotatable bonds is 3. The smallest absolute Gasteiger partial charge is 0.0109 e. The molecule has 2 aliphatic heterocycles. The molecule has 15 heavy (non-hydrogen) atoms. The lowest BCUT2D eigenvalue weighted by atomic mass is 10.0. The van der Waals surface area contributed by atoms with E-state index in [-0.39, 0.29) is 0 Å². The van der Waals surface area contributed by atoms with Crippen molar-refractivity contribution in [1.29, 1.82) is 0 Å². The summed E-state index contributed by atoms with van der Waals surface area (Å²) in [6, 6.07) is 0. The lowest BCUT2D eigenvalue weighted by molar-refractivity contribution is 0.258. The lowest BCUT2D eigenvalue weighted by Gasteiger charge is -2.21. The first kappa shape index (κ1) is 11.4. The minimum absolute atomic E-state index is 0.950. The van der Waals surface area contributed by atoms with E-state index >= 15 is 0 Å². The second kappa shape index (κ2) is 5.83. The molecule has 1 atom stereocenters. The van der Waals surface area contributed by atoms with Crippen LogP contribution in [0, 0.1) is 5.92 Å². The van der Waals surface area contributed by atoms with Crippen LogP contribution in [0.2, 0.25) is 0 Å². The summed E-state index contributed by atoms with van der Waals surface area (Å²) in [5.74, 6) is 0.950. The predicted octanol–water partition coefficient (Wildman–Crippen LogP) is 0.623. The Morgan fingerprint density at radius 2 is 2.13 bits per heavy atom. The van der Waals surface area contributed by atoms with Crippen molar-refractivity contribution in [2.24, 2.45) is 5.92 Å². The topological polar surface area (TPSA) is 18.5 Å². The Morgan fingerprint density at radius 1 is 1.20 bits per heavy atom. The number of hydrogen-bond acceptors (Lipinski definition) is 3. The van der Waals surface area contributed by atoms with Gasteiger partial charge in [0, 0.05) is 13.1 Å². The van der Waals surface area contributed by atoms with Gasteiger partial charge in [0.2, 0.25) is 0 Å². The molecule has 0 aromatic carbocycles. The molecule has 0 aliphatic carbocycles. The zero-order valence-electron chi connectivity index (χ0n) is 10.0. The van der Waals surface area contributed by atoms with Gasteiger partial charge in [-0.1, -0.05) is 0 Å². The molecule has 88 valence electrons. The van der Waals surface area contributed by atoms with E-state index in [4.69, 9.17) is 0 Å². The van der Waals surface area contributed by atoms with Crippen molar-refractivity contribution in [2.75, 3.05) is 52.9 Å². The van der Waals surface area contributed by atoms with E-state index in [9.17, 15) is 0 Å². The largest absolute Gasteiger partial charge is 0.316 e. The number of nitrogens with one attached hydrogen (secondary N) is 1. The van der Waals surface area contributed by atoms with Crippen LogP contribution in [0.3, 0.4) is 0 Å². The van der Waals surface area contributed by atoms with Crippen LogP contribution >= 0.6 is 0 Å². The molecule has 0 bridgehead atoms. The van der Waals surface area contributed by atoms with Gasteiger partial charge in [0.1, 0.15) is 0 Å². The SMILES string of the molecule is CN1CCCN(CCC2CCNC2)CC1. The molecule has 2 fully saturated rings. The van der Waals surface area contributed by atoms with E-state index in [1.165, 1.54) is 65.1 Å². The van der Waals surface area contributed by atoms with Crippen molar-refractivity contribution in [2.45, 2.75) is 19.3 Å². The lowest BCUT2D eigenvalue weighted by Crippen LogP contribution is -2.30. The van der Waals surface area contributed by atoms with Crippen molar-refractivity contribution in [3.63, 3.8) is 0 Å². The summed E-state index contributed by atoms with van der Waals surface area (Å²) in [5.41, 5.74) is 0. The summed E-state index contributed by atoms with van der Waals surface area (Å²) in [7, 11) is 2.24. The van der Waals surface area contributed by atoms with Gasteiger partial charge in [0.25, 0.3) is 0 Å². The molecule has 2 rings (SSSR count). The fraction of sp³-hybridized carbons (Fsp3) is 1.00. The fourth-order valence-electron chi connectivity index (χ4n) is 2.65. The second-order valence-electron chi connectivity index (χ2n) is 5.15. The van der Waals surface area contributed by atoms with E-state index in [1.807, 2.05) is 0 Å². The van der Waals surface area contributed by atoms with Gasteiger partial charge in [-0.3, -0.25) is 0 Å². The molecule has 2 heterocycles. The molecule has 0 aromatic heterocycles. The van der Waals surface area contributed by atoms with E-state index in [1.54, 1.807) is 0 Å². The van der Waals surface area contributed by atoms with Crippen LogP contribution < -0.4 is 5.32 Å². The van der Waals surface area contributed by atoms with Crippen LogP contribution in [0.15, 0.2) is 0 Å². The van der Waals surface area contributed by atoms with Gasteiger partial charge in [0.15, 0.2) is 0 Å². The summed E-state index contributed by atoms with van der Waals surface area (Å²) in [4.78, 5) is 5.11. The Kier molecular flexibility index (Phi) is 4.42. The normalized spacial score (nSPS) is 30.6. The van der Waals surface area contributed by atoms with Gasteiger partial charge in [-0.2, -0.15) is 0 Å². The quantitative estimate of drug-likeness (QED) is 0.738. The molecule has 3 nitrogen and oxygen atoms in total. The minimum atomic E-state index is 0.950. The van der Waals surface area contributed by atoms with Crippen molar-refractivity contribution < 1.29 is 0 Å². The molecule has 0 aromatic rings. The third kappa shape index (κ3) is 3.74. The standard InChI is InChI=1S/C12H25N3/c1-14-6-2-7-15(10-9-14)8-4-12-3-5-13-11-12/h12-13H,2-11H2,1H3. The molecule has 3 heteroatoms. The average Bonchev–Trinajstić information content (AvgIpc) is 2.66. The van der Waals surface area contributed by atoms with Crippen molar-refractivity contribution in [3.05, 3.63) is 0 Å². The zero-order chi connectivity index (χ0) is 10.5. The molecular weight excluding hydrogens is 186 g/mol. The van der Waals surface area contributed by atoms with E-state index < -0.39 is 0 Å². The first-order chi connectivity index (χ1) is 7.34. The Bertz CT molecular complexity index is 178. The van der Waals surface area contributed by atoms with Gasteiger partial charge in [-0.25, -0.2) is 0 Å². The molecular formula is C12H25N3. The molecule has 1 unspecified atom stereocenters. The summed E-state index contributed by atoms with van der Waals surface area (Å²) in [5, 5.41) is 3.45. The molecule has 0 saturated carbocycles. The highest BCUT2D eigenvalue weighted by molar-refractivity contribution is 4.74. The molecule has 1 N–H and O–H groups in total. The monoisotopic (exact) mass is 211 g/mol. The Hall–Kier alpha value is -0.120. The average molecular weight is 211 g/mol. The maximum Gasteiger partial charge on any atom is 0.0109 e. The van der Waals surface area contributed by atoms with Gasteiger partial charge in [-0.05, 0) is 65.0 Å². The van der Waals surface area contributed by atoms with Gasteiger partial charge in [-0.15, -0.1) is 0 Å². The summed E-state index contributed by atoms with van der Waals surface area (Å²) < 4.78 is 0. The summed E-state index contributed by atoms with van der Waals surface area (Å²) in [6.45, 7) is 8.94. The van der Waals surface area contributed by atoms with Crippen molar-refractivity contribution in [1.82, 2.24) is 15.1 Å². The molecule has 0 radical (unpaired) electrons. The molecule has 2 aliphatic rings. The van der Waals surface area contributed by atoms with Crippen LogP contribution in [-0.4, -0.2) is 62.7 Å². The summed E-state index contributed by atoms with van der Waals surface area (Å²) >= 11 is 0. The third-order valence-corrected chi connectivity index (χ3v) is 3.83. The second-order valence-corrected chi connectivity index (χ2v) is 5.15. The Labute approximate surface area is 93.8 Å². The van der Waals surface area contributed by atoms with E-state index in [0.717, 1.165) is 5.92 Å². The molecule has 2 saturated heterocycles. The Balaban J connectivity index is 1.64. The van der Waals surface area contributed by atoms with E-state index in [2.05, 4.69) is 22.2 Å². The molecule has 0 amide bonds. The van der Waals surface area contributed by atoms with Crippen molar-refractivity contribution in [3.8, 4) is 0 Å². The minimum Gasteiger partial charge on any atom is -0.316 e. The van der Waals surface area contributed by atoms with Gasteiger partial charge in [0.05, 0.1) is 0 Å². The van der Waals surface area contributed by atoms with Crippen LogP contribution in [0.4, 0.5) is 0 Å². The van der Waals surface area contributed by atoms with E-state index in [0.29, 0.717) is 0 Å². The maximum atomic E-state index is 3.45. The predicted molar refractivity (Wildman–Crippen MR) is 64.1 cm³/mol. The summed E-state index contributed by atoms with van der Waals surface area (Å²) in [6.07, 6.45) is 4.14. The highest BCUT2D eigenvalue weighted by atomic mass is 15.2.